The van der Waals surface area contributed by atoms with Crippen LogP contribution in [0.15, 0.2) is 11.0 Å². The van der Waals surface area contributed by atoms with Crippen molar-refractivity contribution >= 4 is 5.82 Å². The monoisotopic (exact) mass is 279 g/mol. The second-order valence-corrected chi connectivity index (χ2v) is 4.30. The number of alkyl halides is 2. The van der Waals surface area contributed by atoms with Gasteiger partial charge in [0, 0.05) is 0 Å². The second kappa shape index (κ2) is 4.82. The van der Waals surface area contributed by atoms with E-state index in [-0.39, 0.29) is 12.8 Å². The van der Waals surface area contributed by atoms with Crippen LogP contribution in [0.5, 0.6) is 0 Å². The zero-order valence-electron chi connectivity index (χ0n) is 9.72. The van der Waals surface area contributed by atoms with Gasteiger partial charge in [-0.25, -0.2) is 18.0 Å². The molecule has 19 heavy (non-hydrogen) atoms. The van der Waals surface area contributed by atoms with E-state index in [1.165, 1.54) is 0 Å². The average molecular weight is 279 g/mol. The minimum absolute atomic E-state index is 0.0375. The number of nitrogen functional groups attached to an aromatic ring is 1. The Morgan fingerprint density at radius 3 is 2.89 bits per heavy atom. The van der Waals surface area contributed by atoms with Crippen LogP contribution in [0.1, 0.15) is 19.1 Å². The first kappa shape index (κ1) is 13.8. The highest BCUT2D eigenvalue weighted by Crippen LogP contribution is 2.39. The summed E-state index contributed by atoms with van der Waals surface area (Å²) >= 11 is 0. The molecule has 3 N–H and O–H groups in total. The maximum absolute atomic E-state index is 13.2. The first-order valence-corrected chi connectivity index (χ1v) is 5.50. The largest absolute Gasteiger partial charge is 0.393 e. The second-order valence-electron chi connectivity index (χ2n) is 4.30. The van der Waals surface area contributed by atoms with E-state index in [4.69, 9.17) is 15.6 Å². The number of aromatic nitrogens is 2. The van der Waals surface area contributed by atoms with E-state index in [0.29, 0.717) is 0 Å². The van der Waals surface area contributed by atoms with Gasteiger partial charge in [-0.05, 0) is 12.8 Å². The first-order valence-electron chi connectivity index (χ1n) is 5.50. The van der Waals surface area contributed by atoms with E-state index < -0.39 is 42.2 Å². The normalized spacial score (nSPS) is 27.1. The number of rotatable bonds is 3. The lowest BCUT2D eigenvalue weighted by Gasteiger charge is -2.26. The maximum Gasteiger partial charge on any atom is 0.351 e. The number of hydrogen-bond acceptors (Lipinski definition) is 5. The molecule has 0 aromatic carbocycles. The van der Waals surface area contributed by atoms with E-state index in [1.807, 2.05) is 0 Å². The smallest absolute Gasteiger partial charge is 0.351 e. The van der Waals surface area contributed by atoms with Crippen LogP contribution in [0, 0.1) is 5.82 Å². The minimum atomic E-state index is -2.91. The molecule has 1 saturated heterocycles. The fourth-order valence-electron chi connectivity index (χ4n) is 1.96. The zero-order chi connectivity index (χ0) is 14.2. The van der Waals surface area contributed by atoms with E-state index in [2.05, 4.69) is 4.98 Å². The van der Waals surface area contributed by atoms with Crippen molar-refractivity contribution in [3.8, 4) is 0 Å². The molecule has 1 fully saturated rings. The summed E-state index contributed by atoms with van der Waals surface area (Å²) in [5.41, 5.74) is 2.19. The van der Waals surface area contributed by atoms with Gasteiger partial charge in [0.25, 0.3) is 6.43 Å². The molecule has 6 nitrogen and oxygen atoms in total. The molecular formula is C10H12F3N3O3. The van der Waals surface area contributed by atoms with Crippen LogP contribution >= 0.6 is 0 Å². The number of nitrogens with two attached hydrogens (primary N) is 1. The van der Waals surface area contributed by atoms with Gasteiger partial charge in [-0.1, -0.05) is 0 Å². The number of anilines is 1. The Bertz CT molecular complexity index is 536. The maximum atomic E-state index is 13.2. The van der Waals surface area contributed by atoms with Crippen molar-refractivity contribution in [2.75, 3.05) is 12.3 Å². The number of ether oxygens (including phenoxy) is 1. The van der Waals surface area contributed by atoms with Crippen LogP contribution in [0.4, 0.5) is 19.0 Å². The Labute approximate surface area is 105 Å². The highest BCUT2D eigenvalue weighted by atomic mass is 19.3. The molecule has 1 aliphatic rings. The van der Waals surface area contributed by atoms with E-state index in [9.17, 15) is 18.0 Å². The summed E-state index contributed by atoms with van der Waals surface area (Å²) in [6.07, 6.45) is -3.37. The lowest BCUT2D eigenvalue weighted by molar-refractivity contribution is -0.169. The van der Waals surface area contributed by atoms with Crippen molar-refractivity contribution in [1.82, 2.24) is 9.55 Å². The fourth-order valence-corrected chi connectivity index (χ4v) is 1.96. The molecule has 1 aromatic heterocycles. The van der Waals surface area contributed by atoms with E-state index in [1.54, 1.807) is 0 Å². The Hall–Kier alpha value is -1.61. The van der Waals surface area contributed by atoms with Gasteiger partial charge in [-0.15, -0.1) is 0 Å². The average Bonchev–Trinajstić information content (AvgIpc) is 2.79. The van der Waals surface area contributed by atoms with Crippen molar-refractivity contribution in [3.63, 3.8) is 0 Å². The summed E-state index contributed by atoms with van der Waals surface area (Å²) in [6.45, 7) is -0.888. The number of halogens is 3. The number of aliphatic hydroxyl groups excluding tert-OH is 1. The number of hydrogen-bond donors (Lipinski definition) is 2. The molecule has 0 amide bonds. The van der Waals surface area contributed by atoms with Crippen LogP contribution in [-0.2, 0) is 4.74 Å². The molecule has 0 aliphatic carbocycles. The fraction of sp³-hybridized carbons (Fsp3) is 0.600. The number of aliphatic hydroxyl groups is 1. The summed E-state index contributed by atoms with van der Waals surface area (Å²) in [5, 5.41) is 9.02. The van der Waals surface area contributed by atoms with Gasteiger partial charge < -0.3 is 15.6 Å². The molecule has 9 heteroatoms. The third kappa shape index (κ3) is 2.30. The Morgan fingerprint density at radius 2 is 2.37 bits per heavy atom. The minimum Gasteiger partial charge on any atom is -0.393 e. The van der Waals surface area contributed by atoms with Gasteiger partial charge >= 0.3 is 5.69 Å². The molecule has 2 heterocycles. The zero-order valence-corrected chi connectivity index (χ0v) is 9.72. The van der Waals surface area contributed by atoms with Gasteiger partial charge in [0.15, 0.2) is 17.2 Å². The molecule has 2 atom stereocenters. The quantitative estimate of drug-likeness (QED) is 0.828. The highest BCUT2D eigenvalue weighted by molar-refractivity contribution is 5.26. The summed E-state index contributed by atoms with van der Waals surface area (Å²) in [6, 6.07) is 0. The van der Waals surface area contributed by atoms with Crippen LogP contribution < -0.4 is 11.4 Å². The van der Waals surface area contributed by atoms with Crippen molar-refractivity contribution in [1.29, 1.82) is 0 Å². The summed E-state index contributed by atoms with van der Waals surface area (Å²) in [7, 11) is 0. The molecule has 0 spiro atoms. The Kier molecular flexibility index (Phi) is 3.50. The molecule has 2 rings (SSSR count). The topological polar surface area (TPSA) is 90.4 Å². The highest BCUT2D eigenvalue weighted by Gasteiger charge is 2.48. The van der Waals surface area contributed by atoms with Gasteiger partial charge in [0.1, 0.15) is 6.23 Å². The molecule has 2 unspecified atom stereocenters. The molecule has 1 aromatic rings. The SMILES string of the molecule is Nc1nc(=O)n(C2CCC(CO)(C(F)F)O2)cc1F. The standard InChI is InChI=1S/C10H12F3N3O3/c11-5-3-16(9(18)15-7(5)14)6-1-2-10(4-17,19-6)8(12)13/h3,6,8,17H,1-2,4H2,(H2,14,15,18). The van der Waals surface area contributed by atoms with Crippen LogP contribution in [-0.4, -0.2) is 33.3 Å². The lowest BCUT2D eigenvalue weighted by Crippen LogP contribution is -2.41. The molecule has 1 aliphatic heterocycles. The third-order valence-electron chi connectivity index (χ3n) is 3.09. The molecule has 0 saturated carbocycles. The Balaban J connectivity index is 2.31. The summed E-state index contributed by atoms with van der Waals surface area (Å²) < 4.78 is 44.7. The van der Waals surface area contributed by atoms with Crippen LogP contribution in [0.3, 0.4) is 0 Å². The lowest BCUT2D eigenvalue weighted by atomic mass is 10.0. The Morgan fingerprint density at radius 1 is 1.68 bits per heavy atom. The van der Waals surface area contributed by atoms with Crippen LogP contribution in [0.2, 0.25) is 0 Å². The van der Waals surface area contributed by atoms with Crippen molar-refractivity contribution in [2.45, 2.75) is 31.1 Å². The van der Waals surface area contributed by atoms with Gasteiger partial charge in [0.2, 0.25) is 0 Å². The van der Waals surface area contributed by atoms with Crippen molar-refractivity contribution in [3.05, 3.63) is 22.5 Å². The molecule has 0 bridgehead atoms. The summed E-state index contributed by atoms with van der Waals surface area (Å²) in [4.78, 5) is 14.7. The first-order chi connectivity index (χ1) is 8.89. The van der Waals surface area contributed by atoms with Gasteiger partial charge in [-0.2, -0.15) is 4.98 Å². The third-order valence-corrected chi connectivity index (χ3v) is 3.09. The van der Waals surface area contributed by atoms with Crippen LogP contribution in [0.25, 0.3) is 0 Å². The van der Waals surface area contributed by atoms with Crippen molar-refractivity contribution < 1.29 is 23.0 Å². The molecular weight excluding hydrogens is 267 g/mol. The molecule has 106 valence electrons. The summed E-state index contributed by atoms with van der Waals surface area (Å²) in [5.74, 6) is -1.51. The van der Waals surface area contributed by atoms with Gasteiger partial charge in [0.05, 0.1) is 12.8 Å². The van der Waals surface area contributed by atoms with Crippen molar-refractivity contribution in [2.24, 2.45) is 0 Å². The van der Waals surface area contributed by atoms with E-state index >= 15 is 0 Å². The predicted octanol–water partition coefficient (Wildman–Crippen LogP) is 0.270. The van der Waals surface area contributed by atoms with Gasteiger partial charge in [-0.3, -0.25) is 4.57 Å². The number of nitrogens with zero attached hydrogens (tertiary/aromatic N) is 2. The molecule has 0 radical (unpaired) electrons. The predicted molar refractivity (Wildman–Crippen MR) is 58.0 cm³/mol. The van der Waals surface area contributed by atoms with E-state index in [0.717, 1.165) is 10.8 Å².